The lowest BCUT2D eigenvalue weighted by atomic mass is 9.97. The number of likely N-dealkylation sites (tertiary alicyclic amines) is 1. The van der Waals surface area contributed by atoms with Gasteiger partial charge in [0, 0.05) is 18.5 Å². The topological polar surface area (TPSA) is 113 Å². The third-order valence-electron chi connectivity index (χ3n) is 6.20. The first-order valence-electron chi connectivity index (χ1n) is 12.2. The van der Waals surface area contributed by atoms with Crippen molar-refractivity contribution in [3.63, 3.8) is 0 Å². The standard InChI is InChI=1S/C26H27N5O5S2/c1-3-35-25(33)17-10-12-30(13-11-17)24(32)18-15-37-22(27-18)16-38-26-29-28-23(21-9-6-14-36-21)31(26)19-7-4-5-8-20(19)34-2/h4-9,14-15,17H,3,10-13,16H2,1-2H3. The average Bonchev–Trinajstić information content (AvgIpc) is 3.72. The van der Waals surface area contributed by atoms with E-state index < -0.39 is 0 Å². The highest BCUT2D eigenvalue weighted by Gasteiger charge is 2.29. The highest BCUT2D eigenvalue weighted by molar-refractivity contribution is 7.98. The second-order valence-electron chi connectivity index (χ2n) is 8.52. The number of benzene rings is 1. The van der Waals surface area contributed by atoms with E-state index in [1.807, 2.05) is 34.9 Å². The van der Waals surface area contributed by atoms with Crippen LogP contribution in [-0.2, 0) is 15.3 Å². The number of nitrogens with zero attached hydrogens (tertiary/aromatic N) is 5. The minimum absolute atomic E-state index is 0.114. The number of carbonyl (C=O) groups excluding carboxylic acids is 2. The van der Waals surface area contributed by atoms with E-state index in [1.165, 1.54) is 23.1 Å². The fraction of sp³-hybridized carbons (Fsp3) is 0.346. The van der Waals surface area contributed by atoms with E-state index in [0.717, 1.165) is 10.7 Å². The van der Waals surface area contributed by atoms with Crippen molar-refractivity contribution in [1.29, 1.82) is 0 Å². The molecule has 38 heavy (non-hydrogen) atoms. The van der Waals surface area contributed by atoms with Gasteiger partial charge in [-0.15, -0.1) is 21.5 Å². The molecule has 0 atom stereocenters. The number of ether oxygens (including phenoxy) is 2. The Morgan fingerprint density at radius 2 is 1.97 bits per heavy atom. The van der Waals surface area contributed by atoms with Crippen LogP contribution in [0.25, 0.3) is 17.3 Å². The molecule has 1 aromatic carbocycles. The van der Waals surface area contributed by atoms with Gasteiger partial charge in [-0.3, -0.25) is 14.2 Å². The number of aromatic nitrogens is 4. The van der Waals surface area contributed by atoms with Gasteiger partial charge in [0.05, 0.1) is 37.3 Å². The molecule has 10 nitrogen and oxygen atoms in total. The van der Waals surface area contributed by atoms with E-state index in [1.54, 1.807) is 36.6 Å². The van der Waals surface area contributed by atoms with Crippen LogP contribution in [0.4, 0.5) is 0 Å². The molecule has 5 rings (SSSR count). The summed E-state index contributed by atoms with van der Waals surface area (Å²) >= 11 is 2.90. The van der Waals surface area contributed by atoms with Gasteiger partial charge in [-0.1, -0.05) is 23.9 Å². The van der Waals surface area contributed by atoms with Gasteiger partial charge in [0.2, 0.25) is 5.82 Å². The number of rotatable bonds is 9. The molecule has 198 valence electrons. The van der Waals surface area contributed by atoms with Gasteiger partial charge in [-0.25, -0.2) is 4.98 Å². The first-order valence-corrected chi connectivity index (χ1v) is 14.1. The van der Waals surface area contributed by atoms with Crippen LogP contribution >= 0.6 is 23.1 Å². The number of carbonyl (C=O) groups is 2. The maximum absolute atomic E-state index is 13.0. The Kier molecular flexibility index (Phi) is 8.08. The molecule has 0 bridgehead atoms. The smallest absolute Gasteiger partial charge is 0.309 e. The van der Waals surface area contributed by atoms with Crippen LogP contribution in [0.2, 0.25) is 0 Å². The Bertz CT molecular complexity index is 1390. The second-order valence-corrected chi connectivity index (χ2v) is 10.4. The minimum atomic E-state index is -0.177. The second kappa shape index (κ2) is 11.8. The van der Waals surface area contributed by atoms with Gasteiger partial charge >= 0.3 is 5.97 Å². The summed E-state index contributed by atoms with van der Waals surface area (Å²) in [6.45, 7) is 3.20. The number of para-hydroxylation sites is 2. The van der Waals surface area contributed by atoms with Gasteiger partial charge in [0.25, 0.3) is 5.91 Å². The molecule has 0 aliphatic carbocycles. The zero-order chi connectivity index (χ0) is 26.5. The van der Waals surface area contributed by atoms with E-state index in [4.69, 9.17) is 13.9 Å². The van der Waals surface area contributed by atoms with Crippen LogP contribution in [0.3, 0.4) is 0 Å². The molecule has 1 amide bonds. The third-order valence-corrected chi connectivity index (χ3v) is 8.17. The molecular formula is C26H27N5O5S2. The molecular weight excluding hydrogens is 526 g/mol. The summed E-state index contributed by atoms with van der Waals surface area (Å²) in [5.74, 6) is 1.89. The maximum atomic E-state index is 13.0. The number of furan rings is 1. The van der Waals surface area contributed by atoms with Gasteiger partial charge in [-0.05, 0) is 44.0 Å². The fourth-order valence-corrected chi connectivity index (χ4v) is 6.03. The maximum Gasteiger partial charge on any atom is 0.309 e. The Morgan fingerprint density at radius 3 is 2.71 bits per heavy atom. The third kappa shape index (κ3) is 5.46. The van der Waals surface area contributed by atoms with Crippen molar-refractivity contribution in [3.8, 4) is 23.0 Å². The Hall–Kier alpha value is -3.64. The molecule has 0 N–H and O–H groups in total. The Labute approximate surface area is 228 Å². The minimum Gasteiger partial charge on any atom is -0.495 e. The largest absolute Gasteiger partial charge is 0.495 e. The van der Waals surface area contributed by atoms with Crippen molar-refractivity contribution in [2.24, 2.45) is 5.92 Å². The van der Waals surface area contributed by atoms with Crippen molar-refractivity contribution in [2.75, 3.05) is 26.8 Å². The number of piperidine rings is 1. The van der Waals surface area contributed by atoms with Crippen LogP contribution in [0, 0.1) is 5.92 Å². The summed E-state index contributed by atoms with van der Waals surface area (Å²) in [6, 6.07) is 11.3. The summed E-state index contributed by atoms with van der Waals surface area (Å²) in [5.41, 5.74) is 1.21. The van der Waals surface area contributed by atoms with Crippen LogP contribution in [0.15, 0.2) is 57.6 Å². The number of thioether (sulfide) groups is 1. The highest BCUT2D eigenvalue weighted by Crippen LogP contribution is 2.34. The highest BCUT2D eigenvalue weighted by atomic mass is 32.2. The van der Waals surface area contributed by atoms with Gasteiger partial charge < -0.3 is 18.8 Å². The lowest BCUT2D eigenvalue weighted by molar-refractivity contribution is -0.149. The molecule has 3 aromatic heterocycles. The molecule has 1 aliphatic heterocycles. The normalized spacial score (nSPS) is 14.0. The van der Waals surface area contributed by atoms with Crippen LogP contribution in [0.1, 0.15) is 35.3 Å². The molecule has 1 saturated heterocycles. The summed E-state index contributed by atoms with van der Waals surface area (Å²) in [4.78, 5) is 31.4. The van der Waals surface area contributed by atoms with Crippen LogP contribution < -0.4 is 4.74 Å². The Morgan fingerprint density at radius 1 is 1.16 bits per heavy atom. The molecule has 12 heteroatoms. The number of methoxy groups -OCH3 is 1. The summed E-state index contributed by atoms with van der Waals surface area (Å²) < 4.78 is 18.2. The quantitative estimate of drug-likeness (QED) is 0.215. The molecule has 0 radical (unpaired) electrons. The zero-order valence-corrected chi connectivity index (χ0v) is 22.7. The average molecular weight is 554 g/mol. The van der Waals surface area contributed by atoms with Gasteiger partial charge in [-0.2, -0.15) is 0 Å². The first kappa shape index (κ1) is 26.0. The van der Waals surface area contributed by atoms with E-state index >= 15 is 0 Å². The molecule has 0 unspecified atom stereocenters. The molecule has 0 saturated carbocycles. The van der Waals surface area contributed by atoms with Crippen molar-refractivity contribution in [3.05, 3.63) is 58.7 Å². The van der Waals surface area contributed by atoms with E-state index in [-0.39, 0.29) is 17.8 Å². The number of esters is 1. The van der Waals surface area contributed by atoms with Crippen molar-refractivity contribution in [2.45, 2.75) is 30.7 Å². The number of amides is 1. The van der Waals surface area contributed by atoms with Gasteiger partial charge in [0.15, 0.2) is 10.9 Å². The zero-order valence-electron chi connectivity index (χ0n) is 21.0. The van der Waals surface area contributed by atoms with Crippen molar-refractivity contribution < 1.29 is 23.5 Å². The van der Waals surface area contributed by atoms with Gasteiger partial charge in [0.1, 0.15) is 16.5 Å². The summed E-state index contributed by atoms with van der Waals surface area (Å²) in [6.07, 6.45) is 2.80. The SMILES string of the molecule is CCOC(=O)C1CCN(C(=O)c2csc(CSc3nnc(-c4ccco4)n3-c3ccccc3OC)n2)CC1. The predicted molar refractivity (Wildman–Crippen MR) is 143 cm³/mol. The summed E-state index contributed by atoms with van der Waals surface area (Å²) in [7, 11) is 1.62. The van der Waals surface area contributed by atoms with Crippen molar-refractivity contribution >= 4 is 35.0 Å². The molecule has 4 heterocycles. The number of hydrogen-bond donors (Lipinski definition) is 0. The van der Waals surface area contributed by atoms with E-state index in [9.17, 15) is 9.59 Å². The summed E-state index contributed by atoms with van der Waals surface area (Å²) in [5, 5.41) is 12.0. The Balaban J connectivity index is 1.29. The lowest BCUT2D eigenvalue weighted by Gasteiger charge is -2.30. The van der Waals surface area contributed by atoms with E-state index in [2.05, 4.69) is 15.2 Å². The van der Waals surface area contributed by atoms with Crippen LogP contribution in [0.5, 0.6) is 5.75 Å². The molecule has 1 aliphatic rings. The monoisotopic (exact) mass is 553 g/mol. The first-order chi connectivity index (χ1) is 18.6. The van der Waals surface area contributed by atoms with E-state index in [0.29, 0.717) is 66.5 Å². The van der Waals surface area contributed by atoms with Crippen molar-refractivity contribution in [1.82, 2.24) is 24.6 Å². The number of hydrogen-bond acceptors (Lipinski definition) is 10. The molecule has 4 aromatic rings. The fourth-order valence-electron chi connectivity index (χ4n) is 4.30. The molecule has 0 spiro atoms. The lowest BCUT2D eigenvalue weighted by Crippen LogP contribution is -2.40. The predicted octanol–water partition coefficient (Wildman–Crippen LogP) is 4.70. The molecule has 1 fully saturated rings. The van der Waals surface area contributed by atoms with Crippen LogP contribution in [-0.4, -0.2) is 63.3 Å². The number of thiazole rings is 1.